The quantitative estimate of drug-likeness (QED) is 0.326. The first-order valence-corrected chi connectivity index (χ1v) is 12.7. The van der Waals surface area contributed by atoms with E-state index in [1.807, 2.05) is 4.90 Å². The average Bonchev–Trinajstić information content (AvgIpc) is 3.37. The Morgan fingerprint density at radius 1 is 1.03 bits per heavy atom. The molecule has 0 bridgehead atoms. The van der Waals surface area contributed by atoms with Gasteiger partial charge in [0.05, 0.1) is 24.2 Å². The number of rotatable bonds is 8. The number of hydrogen-bond acceptors (Lipinski definition) is 6. The van der Waals surface area contributed by atoms with Gasteiger partial charge in [-0.1, -0.05) is 30.4 Å². The van der Waals surface area contributed by atoms with Crippen LogP contribution in [0.4, 0.5) is 5.69 Å². The Kier molecular flexibility index (Phi) is 9.08. The van der Waals surface area contributed by atoms with E-state index in [2.05, 4.69) is 0 Å². The van der Waals surface area contributed by atoms with Gasteiger partial charge in [-0.05, 0) is 67.4 Å². The Morgan fingerprint density at radius 2 is 1.67 bits per heavy atom. The van der Waals surface area contributed by atoms with Crippen molar-refractivity contribution in [3.05, 3.63) is 89.4 Å². The molecule has 0 unspecified atom stereocenters. The fourth-order valence-corrected chi connectivity index (χ4v) is 5.42. The Balaban J connectivity index is 0.00000361. The Bertz CT molecular complexity index is 1310. The standard InChI is InChI=1S/C26H27N3O5S.ClH/c1-34-23-10-12-24(13-11-23)35(32,33)29(26(30)20-27-16-4-5-17-27)25-7-3-2-6-22(25)9-8-21-14-18-28(31)19-15-21;/h2-3,6-15,18-19H,4-5,16-17,20H2,1H3;1H. The first kappa shape index (κ1) is 27.2. The molecule has 1 aromatic heterocycles. The lowest BCUT2D eigenvalue weighted by Crippen LogP contribution is -2.43. The number of nitrogens with zero attached hydrogens (tertiary/aromatic N) is 3. The van der Waals surface area contributed by atoms with Crippen LogP contribution < -0.4 is 13.8 Å². The second kappa shape index (κ2) is 12.0. The predicted molar refractivity (Wildman–Crippen MR) is 141 cm³/mol. The number of carbonyl (C=O) groups is 1. The molecule has 0 N–H and O–H groups in total. The van der Waals surface area contributed by atoms with Gasteiger partial charge in [0.2, 0.25) is 0 Å². The second-order valence-corrected chi connectivity index (χ2v) is 9.99. The summed E-state index contributed by atoms with van der Waals surface area (Å²) in [5, 5.41) is 11.3. The number of pyridine rings is 1. The molecule has 1 fully saturated rings. The third kappa shape index (κ3) is 6.23. The Hall–Kier alpha value is -3.40. The minimum atomic E-state index is -4.21. The van der Waals surface area contributed by atoms with E-state index in [4.69, 9.17) is 4.74 Å². The summed E-state index contributed by atoms with van der Waals surface area (Å²) >= 11 is 0. The van der Waals surface area contributed by atoms with Gasteiger partial charge in [-0.15, -0.1) is 12.4 Å². The lowest BCUT2D eigenvalue weighted by atomic mass is 10.1. The molecule has 2 aromatic carbocycles. The van der Waals surface area contributed by atoms with Crippen LogP contribution in [0.2, 0.25) is 0 Å². The maximum atomic E-state index is 13.8. The number of sulfonamides is 1. The molecule has 0 aliphatic carbocycles. The monoisotopic (exact) mass is 529 g/mol. The van der Waals surface area contributed by atoms with Crippen LogP contribution in [0.3, 0.4) is 0 Å². The smallest absolute Gasteiger partial charge is 0.270 e. The average molecular weight is 530 g/mol. The van der Waals surface area contributed by atoms with Gasteiger partial charge in [-0.3, -0.25) is 9.69 Å². The van der Waals surface area contributed by atoms with Gasteiger partial charge in [0.25, 0.3) is 15.9 Å². The summed E-state index contributed by atoms with van der Waals surface area (Å²) in [5.41, 5.74) is 1.58. The number of likely N-dealkylation sites (tertiary alicyclic amines) is 1. The minimum Gasteiger partial charge on any atom is -0.619 e. The summed E-state index contributed by atoms with van der Waals surface area (Å²) in [4.78, 5) is 15.5. The van der Waals surface area contributed by atoms with Crippen molar-refractivity contribution in [3.8, 4) is 5.75 Å². The van der Waals surface area contributed by atoms with E-state index in [1.54, 1.807) is 60.7 Å². The molecule has 8 nitrogen and oxygen atoms in total. The molecule has 190 valence electrons. The summed E-state index contributed by atoms with van der Waals surface area (Å²) in [5.74, 6) is 0.000152. The molecule has 1 amide bonds. The van der Waals surface area contributed by atoms with Crippen molar-refractivity contribution in [3.63, 3.8) is 0 Å². The van der Waals surface area contributed by atoms with Crippen molar-refractivity contribution in [2.24, 2.45) is 0 Å². The zero-order valence-electron chi connectivity index (χ0n) is 19.8. The van der Waals surface area contributed by atoms with Crippen molar-refractivity contribution in [2.45, 2.75) is 17.7 Å². The van der Waals surface area contributed by atoms with Crippen LogP contribution in [-0.2, 0) is 14.8 Å². The zero-order chi connectivity index (χ0) is 24.8. The highest BCUT2D eigenvalue weighted by molar-refractivity contribution is 7.93. The van der Waals surface area contributed by atoms with Crippen molar-refractivity contribution in [1.29, 1.82) is 0 Å². The number of benzene rings is 2. The Labute approximate surface area is 217 Å². The Morgan fingerprint density at radius 3 is 2.31 bits per heavy atom. The van der Waals surface area contributed by atoms with Gasteiger partial charge in [-0.2, -0.15) is 4.73 Å². The van der Waals surface area contributed by atoms with Crippen molar-refractivity contribution < 1.29 is 22.7 Å². The van der Waals surface area contributed by atoms with E-state index in [9.17, 15) is 18.4 Å². The van der Waals surface area contributed by atoms with Gasteiger partial charge in [0, 0.05) is 12.1 Å². The van der Waals surface area contributed by atoms with Crippen LogP contribution in [-0.4, -0.2) is 46.0 Å². The maximum Gasteiger partial charge on any atom is 0.270 e. The lowest BCUT2D eigenvalue weighted by Gasteiger charge is -2.26. The van der Waals surface area contributed by atoms with Crippen molar-refractivity contribution in [1.82, 2.24) is 4.90 Å². The molecule has 1 aliphatic rings. The molecule has 0 saturated carbocycles. The molecule has 4 rings (SSSR count). The number of hydrogen-bond donors (Lipinski definition) is 0. The number of methoxy groups -OCH3 is 1. The van der Waals surface area contributed by atoms with Crippen LogP contribution in [0.1, 0.15) is 24.0 Å². The summed E-state index contributed by atoms with van der Waals surface area (Å²) in [6, 6.07) is 16.1. The number of carbonyl (C=O) groups excluding carboxylic acids is 1. The molecule has 0 atom stereocenters. The number of amides is 1. The van der Waals surface area contributed by atoms with E-state index < -0.39 is 15.9 Å². The van der Waals surface area contributed by atoms with E-state index in [0.29, 0.717) is 16.0 Å². The fraction of sp³-hybridized carbons (Fsp3) is 0.231. The third-order valence-electron chi connectivity index (χ3n) is 5.82. The molecule has 2 heterocycles. The van der Waals surface area contributed by atoms with Crippen LogP contribution in [0.5, 0.6) is 5.75 Å². The number of para-hydroxylation sites is 1. The van der Waals surface area contributed by atoms with E-state index >= 15 is 0 Å². The number of anilines is 1. The second-order valence-electron chi connectivity index (χ2n) is 8.21. The third-order valence-corrected chi connectivity index (χ3v) is 7.57. The van der Waals surface area contributed by atoms with Gasteiger partial charge in [0.15, 0.2) is 12.4 Å². The molecule has 1 saturated heterocycles. The van der Waals surface area contributed by atoms with Gasteiger partial charge < -0.3 is 9.94 Å². The van der Waals surface area contributed by atoms with E-state index in [-0.39, 0.29) is 29.5 Å². The van der Waals surface area contributed by atoms with Crippen LogP contribution >= 0.6 is 12.4 Å². The van der Waals surface area contributed by atoms with Crippen LogP contribution in [0.25, 0.3) is 12.2 Å². The molecule has 10 heteroatoms. The molecule has 0 radical (unpaired) electrons. The number of aromatic nitrogens is 1. The zero-order valence-corrected chi connectivity index (χ0v) is 21.5. The minimum absolute atomic E-state index is 0. The predicted octanol–water partition coefficient (Wildman–Crippen LogP) is 3.74. The summed E-state index contributed by atoms with van der Waals surface area (Å²) in [6.07, 6.45) is 8.23. The molecular weight excluding hydrogens is 502 g/mol. The van der Waals surface area contributed by atoms with Crippen molar-refractivity contribution in [2.75, 3.05) is 31.0 Å². The lowest BCUT2D eigenvalue weighted by molar-refractivity contribution is -0.605. The highest BCUT2D eigenvalue weighted by Gasteiger charge is 2.33. The molecule has 3 aromatic rings. The summed E-state index contributed by atoms with van der Waals surface area (Å²) in [7, 11) is -2.71. The van der Waals surface area contributed by atoms with Gasteiger partial charge in [0.1, 0.15) is 5.75 Å². The first-order valence-electron chi connectivity index (χ1n) is 11.3. The van der Waals surface area contributed by atoms with Gasteiger partial charge in [-0.25, -0.2) is 12.7 Å². The summed E-state index contributed by atoms with van der Waals surface area (Å²) in [6.45, 7) is 1.53. The van der Waals surface area contributed by atoms with E-state index in [0.717, 1.165) is 35.8 Å². The topological polar surface area (TPSA) is 93.9 Å². The molecule has 36 heavy (non-hydrogen) atoms. The fourth-order valence-electron chi connectivity index (χ4n) is 3.98. The first-order chi connectivity index (χ1) is 16.9. The largest absolute Gasteiger partial charge is 0.619 e. The van der Waals surface area contributed by atoms with Crippen LogP contribution in [0, 0.1) is 5.21 Å². The summed E-state index contributed by atoms with van der Waals surface area (Å²) < 4.78 is 34.3. The molecule has 0 spiro atoms. The molecule has 1 aliphatic heterocycles. The maximum absolute atomic E-state index is 13.8. The van der Waals surface area contributed by atoms with Gasteiger partial charge >= 0.3 is 0 Å². The number of halogens is 1. The SMILES string of the molecule is COc1ccc(S(=O)(=O)N(C(=O)CN2CCCC2)c2ccccc2C=Cc2cc[n+]([O-])cc2)cc1.Cl. The normalized spacial score (nSPS) is 13.9. The highest BCUT2D eigenvalue weighted by Crippen LogP contribution is 2.30. The van der Waals surface area contributed by atoms with Crippen LogP contribution in [0.15, 0.2) is 78.0 Å². The van der Waals surface area contributed by atoms with E-state index in [1.165, 1.54) is 31.6 Å². The molecular formula is C26H28ClN3O5S. The highest BCUT2D eigenvalue weighted by atomic mass is 35.5. The number of ether oxygens (including phenoxy) is 1. The van der Waals surface area contributed by atoms with Crippen molar-refractivity contribution >= 4 is 46.2 Å².